The highest BCUT2D eigenvalue weighted by molar-refractivity contribution is 5.28. The molecule has 15 heavy (non-hydrogen) atoms. The zero-order valence-corrected chi connectivity index (χ0v) is 9.22. The van der Waals surface area contributed by atoms with Gasteiger partial charge in [0.15, 0.2) is 0 Å². The third kappa shape index (κ3) is 2.05. The van der Waals surface area contributed by atoms with Crippen LogP contribution >= 0.6 is 0 Å². The Hall–Kier alpha value is -0.890. The van der Waals surface area contributed by atoms with Crippen LogP contribution in [0.1, 0.15) is 30.4 Å². The van der Waals surface area contributed by atoms with Crippen LogP contribution in [0, 0.1) is 18.2 Å². The van der Waals surface area contributed by atoms with E-state index < -0.39 is 0 Å². The molecule has 0 aliphatic heterocycles. The molecule has 2 rings (SSSR count). The molecule has 0 amide bonds. The largest absolute Gasteiger partial charge is 0.330 e. The maximum Gasteiger partial charge on any atom is 0.123 e. The normalized spacial score (nSPS) is 18.6. The standard InChI is InChI=1S/C13H18FN/c1-10-3-4-12(14)7-11(10)8-13(9-15)5-2-6-13/h3-4,7H,2,5-6,8-9,15H2,1H3. The summed E-state index contributed by atoms with van der Waals surface area (Å²) in [5.74, 6) is -0.137. The molecule has 0 spiro atoms. The van der Waals surface area contributed by atoms with Crippen molar-refractivity contribution in [1.82, 2.24) is 0 Å². The highest BCUT2D eigenvalue weighted by Crippen LogP contribution is 2.43. The summed E-state index contributed by atoms with van der Waals surface area (Å²) in [6.07, 6.45) is 4.59. The first-order chi connectivity index (χ1) is 7.15. The Kier molecular flexibility index (Phi) is 2.79. The summed E-state index contributed by atoms with van der Waals surface area (Å²) in [5.41, 5.74) is 8.38. The van der Waals surface area contributed by atoms with Crippen LogP contribution < -0.4 is 5.73 Å². The molecule has 1 fully saturated rings. The number of halogens is 1. The lowest BCUT2D eigenvalue weighted by atomic mass is 9.65. The van der Waals surface area contributed by atoms with E-state index in [9.17, 15) is 4.39 Å². The predicted octanol–water partition coefficient (Wildman–Crippen LogP) is 2.81. The maximum atomic E-state index is 13.1. The number of nitrogens with two attached hydrogens (primary N) is 1. The molecular weight excluding hydrogens is 189 g/mol. The highest BCUT2D eigenvalue weighted by atomic mass is 19.1. The van der Waals surface area contributed by atoms with Crippen LogP contribution in [-0.4, -0.2) is 6.54 Å². The van der Waals surface area contributed by atoms with E-state index in [0.717, 1.165) is 18.5 Å². The lowest BCUT2D eigenvalue weighted by Gasteiger charge is -2.41. The first-order valence-electron chi connectivity index (χ1n) is 5.60. The minimum atomic E-state index is -0.137. The van der Waals surface area contributed by atoms with Gasteiger partial charge in [-0.3, -0.25) is 0 Å². The Morgan fingerprint density at radius 1 is 1.40 bits per heavy atom. The number of hydrogen-bond donors (Lipinski definition) is 1. The smallest absolute Gasteiger partial charge is 0.123 e. The van der Waals surface area contributed by atoms with Crippen molar-refractivity contribution in [3.8, 4) is 0 Å². The molecule has 1 saturated carbocycles. The highest BCUT2D eigenvalue weighted by Gasteiger charge is 2.35. The van der Waals surface area contributed by atoms with E-state index in [1.54, 1.807) is 6.07 Å². The zero-order chi connectivity index (χ0) is 10.9. The van der Waals surface area contributed by atoms with E-state index in [1.165, 1.54) is 30.9 Å². The van der Waals surface area contributed by atoms with Gasteiger partial charge in [-0.1, -0.05) is 12.5 Å². The van der Waals surface area contributed by atoms with Crippen molar-refractivity contribution in [1.29, 1.82) is 0 Å². The predicted molar refractivity (Wildman–Crippen MR) is 60.2 cm³/mol. The van der Waals surface area contributed by atoms with Crippen molar-refractivity contribution in [3.63, 3.8) is 0 Å². The first-order valence-corrected chi connectivity index (χ1v) is 5.60. The van der Waals surface area contributed by atoms with Crippen LogP contribution in [-0.2, 0) is 6.42 Å². The van der Waals surface area contributed by atoms with Gasteiger partial charge in [0.25, 0.3) is 0 Å². The summed E-state index contributed by atoms with van der Waals surface area (Å²) in [5, 5.41) is 0. The van der Waals surface area contributed by atoms with Crippen LogP contribution in [0.25, 0.3) is 0 Å². The Bertz CT molecular complexity index is 350. The molecule has 82 valence electrons. The molecule has 0 aromatic heterocycles. The average molecular weight is 207 g/mol. The van der Waals surface area contributed by atoms with Crippen LogP contribution in [0.15, 0.2) is 18.2 Å². The molecule has 0 atom stereocenters. The Morgan fingerprint density at radius 2 is 2.13 bits per heavy atom. The number of aryl methyl sites for hydroxylation is 1. The van der Waals surface area contributed by atoms with E-state index in [2.05, 4.69) is 0 Å². The quantitative estimate of drug-likeness (QED) is 0.810. The Labute approximate surface area is 90.5 Å². The summed E-state index contributed by atoms with van der Waals surface area (Å²) in [4.78, 5) is 0. The van der Waals surface area contributed by atoms with Gasteiger partial charge in [0.1, 0.15) is 5.82 Å². The molecule has 0 saturated heterocycles. The second kappa shape index (κ2) is 3.93. The lowest BCUT2D eigenvalue weighted by molar-refractivity contribution is 0.144. The number of rotatable bonds is 3. The molecular formula is C13H18FN. The van der Waals surface area contributed by atoms with Crippen molar-refractivity contribution in [2.45, 2.75) is 32.6 Å². The summed E-state index contributed by atoms with van der Waals surface area (Å²) in [6.45, 7) is 2.76. The van der Waals surface area contributed by atoms with Gasteiger partial charge < -0.3 is 5.73 Å². The van der Waals surface area contributed by atoms with Crippen molar-refractivity contribution in [2.75, 3.05) is 6.54 Å². The van der Waals surface area contributed by atoms with E-state index in [-0.39, 0.29) is 11.2 Å². The van der Waals surface area contributed by atoms with Gasteiger partial charge in [0.2, 0.25) is 0 Å². The zero-order valence-electron chi connectivity index (χ0n) is 9.22. The topological polar surface area (TPSA) is 26.0 Å². The van der Waals surface area contributed by atoms with Crippen molar-refractivity contribution in [3.05, 3.63) is 35.1 Å². The van der Waals surface area contributed by atoms with E-state index in [1.807, 2.05) is 13.0 Å². The summed E-state index contributed by atoms with van der Waals surface area (Å²) >= 11 is 0. The fourth-order valence-electron chi connectivity index (χ4n) is 2.36. The second-order valence-corrected chi connectivity index (χ2v) is 4.81. The van der Waals surface area contributed by atoms with E-state index in [4.69, 9.17) is 5.73 Å². The summed E-state index contributed by atoms with van der Waals surface area (Å²) in [7, 11) is 0. The van der Waals surface area contributed by atoms with Crippen LogP contribution in [0.4, 0.5) is 4.39 Å². The second-order valence-electron chi connectivity index (χ2n) is 4.81. The van der Waals surface area contributed by atoms with Crippen LogP contribution in [0.5, 0.6) is 0 Å². The van der Waals surface area contributed by atoms with Crippen molar-refractivity contribution in [2.24, 2.45) is 11.1 Å². The van der Waals surface area contributed by atoms with Gasteiger partial charge >= 0.3 is 0 Å². The Morgan fingerprint density at radius 3 is 2.67 bits per heavy atom. The fraction of sp³-hybridized carbons (Fsp3) is 0.538. The van der Waals surface area contributed by atoms with E-state index >= 15 is 0 Å². The third-order valence-corrected chi connectivity index (χ3v) is 3.72. The molecule has 0 radical (unpaired) electrons. The molecule has 1 aromatic rings. The summed E-state index contributed by atoms with van der Waals surface area (Å²) < 4.78 is 13.1. The molecule has 0 unspecified atom stereocenters. The van der Waals surface area contributed by atoms with Crippen molar-refractivity contribution >= 4 is 0 Å². The fourth-order valence-corrected chi connectivity index (χ4v) is 2.36. The van der Waals surface area contributed by atoms with Crippen LogP contribution in [0.3, 0.4) is 0 Å². The van der Waals surface area contributed by atoms with E-state index in [0.29, 0.717) is 0 Å². The minimum absolute atomic E-state index is 0.137. The van der Waals surface area contributed by atoms with Gasteiger partial charge in [-0.05, 0) is 61.4 Å². The summed E-state index contributed by atoms with van der Waals surface area (Å²) in [6, 6.07) is 5.04. The first kappa shape index (κ1) is 10.6. The molecule has 1 aliphatic rings. The molecule has 1 nitrogen and oxygen atoms in total. The number of benzene rings is 1. The van der Waals surface area contributed by atoms with Gasteiger partial charge in [-0.2, -0.15) is 0 Å². The number of hydrogen-bond acceptors (Lipinski definition) is 1. The molecule has 0 bridgehead atoms. The SMILES string of the molecule is Cc1ccc(F)cc1CC1(CN)CCC1. The average Bonchev–Trinajstić information content (AvgIpc) is 2.17. The van der Waals surface area contributed by atoms with Gasteiger partial charge in [-0.15, -0.1) is 0 Å². The molecule has 2 heteroatoms. The lowest BCUT2D eigenvalue weighted by Crippen LogP contribution is -2.39. The molecule has 2 N–H and O–H groups in total. The van der Waals surface area contributed by atoms with Gasteiger partial charge in [0.05, 0.1) is 0 Å². The molecule has 0 heterocycles. The third-order valence-electron chi connectivity index (χ3n) is 3.72. The van der Waals surface area contributed by atoms with Crippen LogP contribution in [0.2, 0.25) is 0 Å². The van der Waals surface area contributed by atoms with Gasteiger partial charge in [0, 0.05) is 0 Å². The maximum absolute atomic E-state index is 13.1. The van der Waals surface area contributed by atoms with Crippen molar-refractivity contribution < 1.29 is 4.39 Å². The Balaban J connectivity index is 2.19. The van der Waals surface area contributed by atoms with Gasteiger partial charge in [-0.25, -0.2) is 4.39 Å². The monoisotopic (exact) mass is 207 g/mol. The minimum Gasteiger partial charge on any atom is -0.330 e. The molecule has 1 aliphatic carbocycles. The molecule has 1 aromatic carbocycles.